The number of carbonyl (C=O) groups is 1. The van der Waals surface area contributed by atoms with Gasteiger partial charge in [-0.05, 0) is 0 Å². The van der Waals surface area contributed by atoms with Crippen molar-refractivity contribution in [2.45, 2.75) is 33.1 Å². The Kier molecular flexibility index (Phi) is 2.84. The van der Waals surface area contributed by atoms with E-state index >= 15 is 0 Å². The molecule has 0 N–H and O–H groups in total. The number of nitrogens with zero attached hydrogens (tertiary/aromatic N) is 2. The highest BCUT2D eigenvalue weighted by atomic mass is 16.5. The molecule has 0 unspecified atom stereocenters. The van der Waals surface area contributed by atoms with Gasteiger partial charge in [0, 0.05) is 24.6 Å². The molecule has 0 aliphatic rings. The minimum atomic E-state index is -0.372. The summed E-state index contributed by atoms with van der Waals surface area (Å²) in [6.07, 6.45) is 1.59. The highest BCUT2D eigenvalue weighted by Crippen LogP contribution is 2.19. The fraction of sp³-hybridized carbons (Fsp3) is 0.500. The van der Waals surface area contributed by atoms with Crippen LogP contribution in [-0.4, -0.2) is 15.9 Å². The van der Waals surface area contributed by atoms with Crippen molar-refractivity contribution in [3.63, 3.8) is 0 Å². The largest absolute Gasteiger partial charge is 0.408 e. The van der Waals surface area contributed by atoms with E-state index in [-0.39, 0.29) is 11.4 Å². The number of hydrogen-bond donors (Lipinski definition) is 0. The molecule has 1 aromatic rings. The molecule has 0 aromatic carbocycles. The van der Waals surface area contributed by atoms with Gasteiger partial charge >= 0.3 is 5.97 Å². The molecule has 4 nitrogen and oxygen atoms in total. The molecular formula is C10H14N2O2. The van der Waals surface area contributed by atoms with Crippen LogP contribution in [0, 0.1) is 0 Å². The lowest BCUT2D eigenvalue weighted by Crippen LogP contribution is -2.16. The smallest absolute Gasteiger partial charge is 0.309 e. The van der Waals surface area contributed by atoms with Crippen molar-refractivity contribution < 1.29 is 9.53 Å². The normalized spacial score (nSPS) is 11.1. The highest BCUT2D eigenvalue weighted by molar-refractivity contribution is 5.68. The van der Waals surface area contributed by atoms with Gasteiger partial charge in [-0.25, -0.2) is 4.98 Å². The standard InChI is InChI=1S/C10H14N2O2/c1-7(13)14-8-5-6-11-9(12-8)10(2,3)4/h5-6H,1-4H3. The molecule has 0 spiro atoms. The van der Waals surface area contributed by atoms with Crippen LogP contribution < -0.4 is 4.74 Å². The highest BCUT2D eigenvalue weighted by Gasteiger charge is 2.17. The second kappa shape index (κ2) is 3.74. The van der Waals surface area contributed by atoms with Gasteiger partial charge in [0.2, 0.25) is 5.88 Å². The summed E-state index contributed by atoms with van der Waals surface area (Å²) in [6.45, 7) is 7.35. The van der Waals surface area contributed by atoms with E-state index < -0.39 is 0 Å². The van der Waals surface area contributed by atoms with Crippen LogP contribution in [0.15, 0.2) is 12.3 Å². The summed E-state index contributed by atoms with van der Waals surface area (Å²) in [7, 11) is 0. The molecule has 0 aliphatic heterocycles. The third kappa shape index (κ3) is 2.80. The maximum absolute atomic E-state index is 10.7. The summed E-state index contributed by atoms with van der Waals surface area (Å²) in [6, 6.07) is 1.57. The maximum Gasteiger partial charge on any atom is 0.309 e. The van der Waals surface area contributed by atoms with Gasteiger partial charge in [-0.1, -0.05) is 20.8 Å². The van der Waals surface area contributed by atoms with Gasteiger partial charge in [0.25, 0.3) is 0 Å². The molecule has 0 fully saturated rings. The Morgan fingerprint density at radius 2 is 2.07 bits per heavy atom. The van der Waals surface area contributed by atoms with Crippen LogP contribution in [-0.2, 0) is 10.2 Å². The van der Waals surface area contributed by atoms with Gasteiger partial charge in [-0.2, -0.15) is 4.98 Å². The molecule has 0 amide bonds. The average molecular weight is 194 g/mol. The Morgan fingerprint density at radius 1 is 1.43 bits per heavy atom. The zero-order valence-electron chi connectivity index (χ0n) is 8.87. The van der Waals surface area contributed by atoms with E-state index in [0.29, 0.717) is 11.7 Å². The van der Waals surface area contributed by atoms with Crippen molar-refractivity contribution in [2.75, 3.05) is 0 Å². The van der Waals surface area contributed by atoms with Crippen LogP contribution >= 0.6 is 0 Å². The van der Waals surface area contributed by atoms with Gasteiger partial charge < -0.3 is 4.74 Å². The third-order valence-corrected chi connectivity index (χ3v) is 1.55. The van der Waals surface area contributed by atoms with Crippen molar-refractivity contribution in [1.82, 2.24) is 9.97 Å². The summed E-state index contributed by atoms with van der Waals surface area (Å²) in [5.74, 6) is 0.595. The number of carbonyl (C=O) groups excluding carboxylic acids is 1. The summed E-state index contributed by atoms with van der Waals surface area (Å²) in [4.78, 5) is 18.9. The van der Waals surface area contributed by atoms with E-state index in [4.69, 9.17) is 4.74 Å². The minimum absolute atomic E-state index is 0.143. The first kappa shape index (κ1) is 10.6. The fourth-order valence-electron chi connectivity index (χ4n) is 0.908. The molecule has 0 bridgehead atoms. The van der Waals surface area contributed by atoms with Crippen molar-refractivity contribution in [3.05, 3.63) is 18.1 Å². The summed E-state index contributed by atoms with van der Waals surface area (Å²) >= 11 is 0. The lowest BCUT2D eigenvalue weighted by atomic mass is 9.96. The van der Waals surface area contributed by atoms with Crippen LogP contribution in [0.4, 0.5) is 0 Å². The number of hydrogen-bond acceptors (Lipinski definition) is 4. The fourth-order valence-corrected chi connectivity index (χ4v) is 0.908. The first-order valence-corrected chi connectivity index (χ1v) is 4.41. The molecule has 0 saturated carbocycles. The van der Waals surface area contributed by atoms with E-state index in [0.717, 1.165) is 0 Å². The number of aromatic nitrogens is 2. The first-order valence-electron chi connectivity index (χ1n) is 4.41. The first-order chi connectivity index (χ1) is 6.39. The predicted octanol–water partition coefficient (Wildman–Crippen LogP) is 1.70. The van der Waals surface area contributed by atoms with Crippen molar-refractivity contribution in [2.24, 2.45) is 0 Å². The summed E-state index contributed by atoms with van der Waals surface area (Å²) in [5.41, 5.74) is -0.143. The van der Waals surface area contributed by atoms with Crippen LogP contribution in [0.2, 0.25) is 0 Å². The SMILES string of the molecule is CC(=O)Oc1ccnc(C(C)(C)C)n1. The Labute approximate surface area is 83.3 Å². The second-order valence-corrected chi connectivity index (χ2v) is 4.06. The Balaban J connectivity index is 2.95. The van der Waals surface area contributed by atoms with Gasteiger partial charge in [0.05, 0.1) is 0 Å². The lowest BCUT2D eigenvalue weighted by molar-refractivity contribution is -0.132. The lowest BCUT2D eigenvalue weighted by Gasteiger charge is -2.16. The van der Waals surface area contributed by atoms with Gasteiger partial charge in [0.1, 0.15) is 5.82 Å². The van der Waals surface area contributed by atoms with Crippen LogP contribution in [0.1, 0.15) is 33.5 Å². The second-order valence-electron chi connectivity index (χ2n) is 4.06. The van der Waals surface area contributed by atoms with Gasteiger partial charge in [0.15, 0.2) is 0 Å². The molecule has 1 heterocycles. The van der Waals surface area contributed by atoms with E-state index in [1.807, 2.05) is 20.8 Å². The summed E-state index contributed by atoms with van der Waals surface area (Å²) in [5, 5.41) is 0. The molecule has 76 valence electrons. The topological polar surface area (TPSA) is 52.1 Å². The third-order valence-electron chi connectivity index (χ3n) is 1.55. The maximum atomic E-state index is 10.7. The number of esters is 1. The molecule has 14 heavy (non-hydrogen) atoms. The average Bonchev–Trinajstić information content (AvgIpc) is 2.01. The molecule has 1 aromatic heterocycles. The molecule has 0 atom stereocenters. The minimum Gasteiger partial charge on any atom is -0.408 e. The van der Waals surface area contributed by atoms with Crippen LogP contribution in [0.25, 0.3) is 0 Å². The van der Waals surface area contributed by atoms with E-state index in [2.05, 4.69) is 9.97 Å². The molecule has 0 aliphatic carbocycles. The zero-order valence-corrected chi connectivity index (χ0v) is 8.87. The van der Waals surface area contributed by atoms with Gasteiger partial charge in [-0.3, -0.25) is 4.79 Å². The quantitative estimate of drug-likeness (QED) is 0.638. The monoisotopic (exact) mass is 194 g/mol. The van der Waals surface area contributed by atoms with Crippen molar-refractivity contribution in [1.29, 1.82) is 0 Å². The van der Waals surface area contributed by atoms with E-state index in [1.165, 1.54) is 6.92 Å². The van der Waals surface area contributed by atoms with Crippen molar-refractivity contribution in [3.8, 4) is 5.88 Å². The Bertz CT molecular complexity index is 342. The molecule has 0 radical (unpaired) electrons. The van der Waals surface area contributed by atoms with E-state index in [1.54, 1.807) is 12.3 Å². The Hall–Kier alpha value is -1.45. The number of ether oxygens (including phenoxy) is 1. The molecule has 1 rings (SSSR count). The van der Waals surface area contributed by atoms with Gasteiger partial charge in [-0.15, -0.1) is 0 Å². The molecule has 0 saturated heterocycles. The zero-order chi connectivity index (χ0) is 10.8. The molecular weight excluding hydrogens is 180 g/mol. The van der Waals surface area contributed by atoms with Crippen LogP contribution in [0.5, 0.6) is 5.88 Å². The summed E-state index contributed by atoms with van der Waals surface area (Å²) < 4.78 is 4.86. The Morgan fingerprint density at radius 3 is 2.57 bits per heavy atom. The van der Waals surface area contributed by atoms with Crippen molar-refractivity contribution >= 4 is 5.97 Å². The molecule has 4 heteroatoms. The van der Waals surface area contributed by atoms with E-state index in [9.17, 15) is 4.79 Å². The van der Waals surface area contributed by atoms with Crippen LogP contribution in [0.3, 0.4) is 0 Å². The number of rotatable bonds is 1. The predicted molar refractivity (Wildman–Crippen MR) is 52.0 cm³/mol.